The number of nitrogens with one attached hydrogen (secondary N) is 1. The zero-order valence-corrected chi connectivity index (χ0v) is 10.2. The maximum Gasteiger partial charge on any atom is 0.172 e. The molecule has 0 radical (unpaired) electrons. The van der Waals surface area contributed by atoms with Crippen molar-refractivity contribution in [3.05, 3.63) is 0 Å². The molecule has 0 bridgehead atoms. The van der Waals surface area contributed by atoms with Crippen LogP contribution in [0.2, 0.25) is 0 Å². The minimum Gasteiger partial charge on any atom is -0.354 e. The van der Waals surface area contributed by atoms with Crippen LogP contribution >= 0.6 is 0 Å². The first-order valence-electron chi connectivity index (χ1n) is 5.53. The molecule has 0 fully saturated rings. The van der Waals surface area contributed by atoms with Crippen molar-refractivity contribution in [3.8, 4) is 0 Å². The van der Waals surface area contributed by atoms with E-state index in [-0.39, 0.29) is 6.29 Å². The summed E-state index contributed by atoms with van der Waals surface area (Å²) in [6.45, 7) is 7.48. The molecular formula is C11H25NO2. The summed E-state index contributed by atoms with van der Waals surface area (Å²) >= 11 is 0. The first-order valence-corrected chi connectivity index (χ1v) is 5.53. The van der Waals surface area contributed by atoms with E-state index in [1.54, 1.807) is 14.2 Å². The maximum atomic E-state index is 5.31. The molecule has 3 nitrogen and oxygen atoms in total. The molecule has 0 heterocycles. The van der Waals surface area contributed by atoms with Gasteiger partial charge < -0.3 is 14.8 Å². The second kappa shape index (κ2) is 8.21. The van der Waals surface area contributed by atoms with Gasteiger partial charge in [-0.2, -0.15) is 0 Å². The fourth-order valence-electron chi connectivity index (χ4n) is 1.91. The van der Waals surface area contributed by atoms with Crippen LogP contribution in [0.15, 0.2) is 0 Å². The van der Waals surface area contributed by atoms with Gasteiger partial charge in [0.15, 0.2) is 6.29 Å². The summed E-state index contributed by atoms with van der Waals surface area (Å²) in [5, 5.41) is 3.44. The van der Waals surface area contributed by atoms with E-state index in [0.717, 1.165) is 19.4 Å². The lowest BCUT2D eigenvalue weighted by molar-refractivity contribution is -0.133. The van der Waals surface area contributed by atoms with Gasteiger partial charge in [-0.25, -0.2) is 0 Å². The standard InChI is InChI=1S/C11H25NO2/c1-6-9(7-2)10(12-8-3)11(13-4)14-5/h9-12H,6-8H2,1-5H3. The van der Waals surface area contributed by atoms with E-state index in [2.05, 4.69) is 26.1 Å². The number of likely N-dealkylation sites (N-methyl/N-ethyl adjacent to an activating group) is 1. The summed E-state index contributed by atoms with van der Waals surface area (Å²) in [6.07, 6.45) is 2.16. The number of ether oxygens (including phenoxy) is 2. The predicted molar refractivity (Wildman–Crippen MR) is 59.3 cm³/mol. The molecule has 0 aromatic carbocycles. The highest BCUT2D eigenvalue weighted by molar-refractivity contribution is 4.77. The van der Waals surface area contributed by atoms with E-state index < -0.39 is 0 Å². The number of hydrogen-bond acceptors (Lipinski definition) is 3. The number of hydrogen-bond donors (Lipinski definition) is 1. The average molecular weight is 203 g/mol. The van der Waals surface area contributed by atoms with Crippen LogP contribution in [-0.2, 0) is 9.47 Å². The summed E-state index contributed by atoms with van der Waals surface area (Å²) in [7, 11) is 3.39. The topological polar surface area (TPSA) is 30.5 Å². The van der Waals surface area contributed by atoms with Gasteiger partial charge in [0.05, 0.1) is 6.04 Å². The highest BCUT2D eigenvalue weighted by atomic mass is 16.7. The van der Waals surface area contributed by atoms with Crippen molar-refractivity contribution in [3.63, 3.8) is 0 Å². The molecule has 14 heavy (non-hydrogen) atoms. The number of methoxy groups -OCH3 is 2. The van der Waals surface area contributed by atoms with Gasteiger partial charge in [0.25, 0.3) is 0 Å². The van der Waals surface area contributed by atoms with Crippen molar-refractivity contribution in [2.75, 3.05) is 20.8 Å². The second-order valence-corrected chi connectivity index (χ2v) is 3.50. The van der Waals surface area contributed by atoms with E-state index in [9.17, 15) is 0 Å². The van der Waals surface area contributed by atoms with Gasteiger partial charge >= 0.3 is 0 Å². The fraction of sp³-hybridized carbons (Fsp3) is 1.00. The zero-order valence-electron chi connectivity index (χ0n) is 10.2. The van der Waals surface area contributed by atoms with Crippen LogP contribution in [0, 0.1) is 5.92 Å². The summed E-state index contributed by atoms with van der Waals surface area (Å²) in [5.74, 6) is 0.611. The van der Waals surface area contributed by atoms with E-state index in [1.165, 1.54) is 0 Å². The molecule has 0 rings (SSSR count). The Bertz CT molecular complexity index is 110. The van der Waals surface area contributed by atoms with Crippen LogP contribution in [0.25, 0.3) is 0 Å². The van der Waals surface area contributed by atoms with Crippen LogP contribution in [0.3, 0.4) is 0 Å². The smallest absolute Gasteiger partial charge is 0.172 e. The van der Waals surface area contributed by atoms with Crippen LogP contribution < -0.4 is 5.32 Å². The molecule has 0 aliphatic carbocycles. The van der Waals surface area contributed by atoms with Crippen molar-refractivity contribution in [1.82, 2.24) is 5.32 Å². The maximum absolute atomic E-state index is 5.31. The highest BCUT2D eigenvalue weighted by Crippen LogP contribution is 2.18. The van der Waals surface area contributed by atoms with Crippen LogP contribution in [0.1, 0.15) is 33.6 Å². The Morgan fingerprint density at radius 2 is 1.50 bits per heavy atom. The van der Waals surface area contributed by atoms with Crippen LogP contribution in [0.4, 0.5) is 0 Å². The lowest BCUT2D eigenvalue weighted by Gasteiger charge is -2.31. The normalized spacial score (nSPS) is 13.9. The third kappa shape index (κ3) is 3.95. The molecule has 0 aromatic rings. The highest BCUT2D eigenvalue weighted by Gasteiger charge is 2.26. The van der Waals surface area contributed by atoms with Crippen molar-refractivity contribution in [2.45, 2.75) is 45.9 Å². The first kappa shape index (κ1) is 13.9. The zero-order chi connectivity index (χ0) is 11.0. The molecule has 3 heteroatoms. The van der Waals surface area contributed by atoms with Gasteiger partial charge in [-0.3, -0.25) is 0 Å². The Kier molecular flexibility index (Phi) is 8.14. The lowest BCUT2D eigenvalue weighted by Crippen LogP contribution is -2.47. The summed E-state index contributed by atoms with van der Waals surface area (Å²) in [5.41, 5.74) is 0. The molecule has 0 saturated heterocycles. The Labute approximate surface area is 88.2 Å². The molecule has 1 N–H and O–H groups in total. The van der Waals surface area contributed by atoms with Gasteiger partial charge in [0.1, 0.15) is 0 Å². The first-order chi connectivity index (χ1) is 6.74. The average Bonchev–Trinajstić information content (AvgIpc) is 2.21. The van der Waals surface area contributed by atoms with Gasteiger partial charge in [-0.15, -0.1) is 0 Å². The van der Waals surface area contributed by atoms with E-state index >= 15 is 0 Å². The molecule has 86 valence electrons. The summed E-state index contributed by atoms with van der Waals surface area (Å²) in [4.78, 5) is 0. The molecule has 0 spiro atoms. The van der Waals surface area contributed by atoms with Gasteiger partial charge in [0, 0.05) is 14.2 Å². The van der Waals surface area contributed by atoms with Crippen molar-refractivity contribution >= 4 is 0 Å². The van der Waals surface area contributed by atoms with E-state index in [0.29, 0.717) is 12.0 Å². The van der Waals surface area contributed by atoms with E-state index in [4.69, 9.17) is 9.47 Å². The number of rotatable bonds is 8. The molecule has 0 saturated carbocycles. The molecule has 0 aromatic heterocycles. The summed E-state index contributed by atoms with van der Waals surface area (Å²) in [6, 6.07) is 0.296. The Morgan fingerprint density at radius 1 is 1.00 bits per heavy atom. The predicted octanol–water partition coefficient (Wildman–Crippen LogP) is 2.02. The fourth-order valence-corrected chi connectivity index (χ4v) is 1.91. The SMILES string of the molecule is CCNC(C(CC)CC)C(OC)OC. The Hall–Kier alpha value is -0.120. The van der Waals surface area contributed by atoms with Gasteiger partial charge in [-0.05, 0) is 12.5 Å². The van der Waals surface area contributed by atoms with Gasteiger partial charge in [0.2, 0.25) is 0 Å². The molecule has 0 aliphatic heterocycles. The van der Waals surface area contributed by atoms with Crippen LogP contribution in [-0.4, -0.2) is 33.1 Å². The molecule has 1 atom stereocenters. The third-order valence-electron chi connectivity index (χ3n) is 2.75. The lowest BCUT2D eigenvalue weighted by atomic mass is 9.93. The Balaban J connectivity index is 4.36. The minimum absolute atomic E-state index is 0.139. The largest absolute Gasteiger partial charge is 0.354 e. The van der Waals surface area contributed by atoms with Crippen molar-refractivity contribution in [2.24, 2.45) is 5.92 Å². The van der Waals surface area contributed by atoms with E-state index in [1.807, 2.05) is 0 Å². The summed E-state index contributed by atoms with van der Waals surface area (Å²) < 4.78 is 10.6. The minimum atomic E-state index is -0.139. The molecular weight excluding hydrogens is 178 g/mol. The van der Waals surface area contributed by atoms with Gasteiger partial charge in [-0.1, -0.05) is 33.6 Å². The Morgan fingerprint density at radius 3 is 1.79 bits per heavy atom. The van der Waals surface area contributed by atoms with Crippen molar-refractivity contribution < 1.29 is 9.47 Å². The third-order valence-corrected chi connectivity index (χ3v) is 2.75. The molecule has 1 unspecified atom stereocenters. The second-order valence-electron chi connectivity index (χ2n) is 3.50. The quantitative estimate of drug-likeness (QED) is 0.612. The monoisotopic (exact) mass is 203 g/mol. The molecule has 0 aliphatic rings. The van der Waals surface area contributed by atoms with Crippen molar-refractivity contribution in [1.29, 1.82) is 0 Å². The molecule has 0 amide bonds. The van der Waals surface area contributed by atoms with Crippen LogP contribution in [0.5, 0.6) is 0 Å².